The average Bonchev–Trinajstić information content (AvgIpc) is 2.29. The first-order valence-corrected chi connectivity index (χ1v) is 6.26. The molecule has 0 fully saturated rings. The zero-order chi connectivity index (χ0) is 12.3. The van der Waals surface area contributed by atoms with Crippen LogP contribution in [0.25, 0.3) is 0 Å². The van der Waals surface area contributed by atoms with Crippen LogP contribution < -0.4 is 5.32 Å². The van der Waals surface area contributed by atoms with Crippen LogP contribution in [0.15, 0.2) is 41.0 Å². The van der Waals surface area contributed by atoms with E-state index in [1.165, 1.54) is 5.56 Å². The summed E-state index contributed by atoms with van der Waals surface area (Å²) in [5.41, 5.74) is 2.17. The van der Waals surface area contributed by atoms with E-state index in [2.05, 4.69) is 50.3 Å². The van der Waals surface area contributed by atoms with E-state index in [4.69, 9.17) is 0 Å². The van der Waals surface area contributed by atoms with Crippen molar-refractivity contribution in [1.82, 2.24) is 9.97 Å². The van der Waals surface area contributed by atoms with E-state index in [0.717, 1.165) is 10.2 Å². The van der Waals surface area contributed by atoms with Gasteiger partial charge >= 0.3 is 0 Å². The fourth-order valence-corrected chi connectivity index (χ4v) is 1.81. The van der Waals surface area contributed by atoms with E-state index in [1.54, 1.807) is 6.20 Å². The third-order valence-corrected chi connectivity index (χ3v) is 3.04. The second-order valence-electron chi connectivity index (χ2n) is 3.94. The van der Waals surface area contributed by atoms with Crippen molar-refractivity contribution in [2.24, 2.45) is 0 Å². The molecule has 4 heteroatoms. The number of benzene rings is 1. The Bertz CT molecular complexity index is 496. The van der Waals surface area contributed by atoms with Crippen LogP contribution in [0.1, 0.15) is 24.2 Å². The zero-order valence-corrected chi connectivity index (χ0v) is 11.4. The molecule has 0 spiro atoms. The molecule has 88 valence electrons. The number of hydrogen-bond acceptors (Lipinski definition) is 3. The number of nitrogens with one attached hydrogen (secondary N) is 1. The van der Waals surface area contributed by atoms with E-state index in [-0.39, 0.29) is 6.04 Å². The Labute approximate surface area is 109 Å². The molecule has 1 aromatic carbocycles. The van der Waals surface area contributed by atoms with Crippen molar-refractivity contribution in [1.29, 1.82) is 0 Å². The number of aryl methyl sites for hydroxylation is 1. The second kappa shape index (κ2) is 5.27. The summed E-state index contributed by atoms with van der Waals surface area (Å²) in [6.45, 7) is 4.05. The molecular weight excluding hydrogens is 278 g/mol. The van der Waals surface area contributed by atoms with E-state index >= 15 is 0 Å². The molecule has 0 saturated carbocycles. The topological polar surface area (TPSA) is 37.8 Å². The van der Waals surface area contributed by atoms with Crippen molar-refractivity contribution in [2.45, 2.75) is 19.9 Å². The van der Waals surface area contributed by atoms with Crippen LogP contribution in [0.2, 0.25) is 0 Å². The Morgan fingerprint density at radius 1 is 1.18 bits per heavy atom. The highest BCUT2D eigenvalue weighted by atomic mass is 79.9. The van der Waals surface area contributed by atoms with E-state index in [0.29, 0.717) is 5.95 Å². The van der Waals surface area contributed by atoms with Crippen LogP contribution in [0, 0.1) is 6.92 Å². The van der Waals surface area contributed by atoms with Gasteiger partial charge in [-0.2, -0.15) is 0 Å². The lowest BCUT2D eigenvalue weighted by Gasteiger charge is -2.14. The molecule has 2 rings (SSSR count). The Kier molecular flexibility index (Phi) is 3.74. The normalized spacial score (nSPS) is 12.2. The second-order valence-corrected chi connectivity index (χ2v) is 4.85. The summed E-state index contributed by atoms with van der Waals surface area (Å²) in [6.07, 6.45) is 1.76. The van der Waals surface area contributed by atoms with Gasteiger partial charge in [-0.1, -0.05) is 28.1 Å². The van der Waals surface area contributed by atoms with E-state index in [9.17, 15) is 0 Å². The quantitative estimate of drug-likeness (QED) is 0.937. The third kappa shape index (κ3) is 3.27. The SMILES string of the molecule is Cc1ccnc(NC(C)c2ccc(Br)cc2)n1. The maximum atomic E-state index is 4.32. The van der Waals surface area contributed by atoms with Gasteiger partial charge in [0.05, 0.1) is 6.04 Å². The predicted molar refractivity (Wildman–Crippen MR) is 72.9 cm³/mol. The monoisotopic (exact) mass is 291 g/mol. The summed E-state index contributed by atoms with van der Waals surface area (Å²) in [5, 5.41) is 3.28. The maximum absolute atomic E-state index is 4.32. The molecule has 1 atom stereocenters. The Balaban J connectivity index is 2.11. The van der Waals surface area contributed by atoms with Crippen molar-refractivity contribution >= 4 is 21.9 Å². The van der Waals surface area contributed by atoms with Gasteiger partial charge in [0.2, 0.25) is 5.95 Å². The molecule has 0 aliphatic heterocycles. The minimum atomic E-state index is 0.185. The fourth-order valence-electron chi connectivity index (χ4n) is 1.55. The van der Waals surface area contributed by atoms with Crippen LogP contribution in [-0.4, -0.2) is 9.97 Å². The van der Waals surface area contributed by atoms with Crippen LogP contribution in [0.3, 0.4) is 0 Å². The molecular formula is C13H14BrN3. The number of rotatable bonds is 3. The van der Waals surface area contributed by atoms with Crippen molar-refractivity contribution in [3.05, 3.63) is 52.3 Å². The lowest BCUT2D eigenvalue weighted by atomic mass is 10.1. The third-order valence-electron chi connectivity index (χ3n) is 2.51. The summed E-state index contributed by atoms with van der Waals surface area (Å²) < 4.78 is 1.08. The maximum Gasteiger partial charge on any atom is 0.223 e. The largest absolute Gasteiger partial charge is 0.348 e. The van der Waals surface area contributed by atoms with Gasteiger partial charge in [0.1, 0.15) is 0 Å². The van der Waals surface area contributed by atoms with Gasteiger partial charge in [-0.15, -0.1) is 0 Å². The molecule has 0 saturated heterocycles. The highest BCUT2D eigenvalue weighted by Crippen LogP contribution is 2.19. The number of halogens is 1. The molecule has 1 aromatic heterocycles. The lowest BCUT2D eigenvalue weighted by Crippen LogP contribution is -2.09. The Hall–Kier alpha value is -1.42. The van der Waals surface area contributed by atoms with Gasteiger partial charge < -0.3 is 5.32 Å². The zero-order valence-electron chi connectivity index (χ0n) is 9.81. The van der Waals surface area contributed by atoms with Gasteiger partial charge in [-0.25, -0.2) is 9.97 Å². The Morgan fingerprint density at radius 3 is 2.53 bits per heavy atom. The van der Waals surface area contributed by atoms with Gasteiger partial charge in [-0.05, 0) is 37.6 Å². The summed E-state index contributed by atoms with van der Waals surface area (Å²) >= 11 is 3.43. The van der Waals surface area contributed by atoms with Crippen LogP contribution in [-0.2, 0) is 0 Å². The highest BCUT2D eigenvalue weighted by Gasteiger charge is 2.06. The lowest BCUT2D eigenvalue weighted by molar-refractivity contribution is 0.856. The number of hydrogen-bond donors (Lipinski definition) is 1. The Morgan fingerprint density at radius 2 is 1.88 bits per heavy atom. The number of anilines is 1. The number of aromatic nitrogens is 2. The van der Waals surface area contributed by atoms with E-state index < -0.39 is 0 Å². The van der Waals surface area contributed by atoms with Gasteiger partial charge in [0.25, 0.3) is 0 Å². The van der Waals surface area contributed by atoms with Crippen LogP contribution >= 0.6 is 15.9 Å². The molecule has 17 heavy (non-hydrogen) atoms. The first kappa shape index (κ1) is 12.0. The molecule has 3 nitrogen and oxygen atoms in total. The van der Waals surface area contributed by atoms with Crippen LogP contribution in [0.5, 0.6) is 0 Å². The van der Waals surface area contributed by atoms with Crippen LogP contribution in [0.4, 0.5) is 5.95 Å². The molecule has 0 radical (unpaired) electrons. The van der Waals surface area contributed by atoms with Crippen molar-refractivity contribution in [3.63, 3.8) is 0 Å². The van der Waals surface area contributed by atoms with Crippen molar-refractivity contribution < 1.29 is 0 Å². The number of nitrogens with zero attached hydrogens (tertiary/aromatic N) is 2. The first-order valence-electron chi connectivity index (χ1n) is 5.47. The average molecular weight is 292 g/mol. The molecule has 1 unspecified atom stereocenters. The molecule has 1 heterocycles. The minimum absolute atomic E-state index is 0.185. The first-order chi connectivity index (χ1) is 8.15. The van der Waals surface area contributed by atoms with Gasteiger partial charge in [0, 0.05) is 16.4 Å². The predicted octanol–water partition coefficient (Wildman–Crippen LogP) is 3.72. The summed E-state index contributed by atoms with van der Waals surface area (Å²) in [7, 11) is 0. The smallest absolute Gasteiger partial charge is 0.223 e. The fraction of sp³-hybridized carbons (Fsp3) is 0.231. The van der Waals surface area contributed by atoms with Crippen molar-refractivity contribution in [2.75, 3.05) is 5.32 Å². The molecule has 2 aromatic rings. The van der Waals surface area contributed by atoms with Crippen molar-refractivity contribution in [3.8, 4) is 0 Å². The minimum Gasteiger partial charge on any atom is -0.348 e. The molecule has 0 bridgehead atoms. The van der Waals surface area contributed by atoms with E-state index in [1.807, 2.05) is 25.1 Å². The molecule has 0 aliphatic rings. The highest BCUT2D eigenvalue weighted by molar-refractivity contribution is 9.10. The standard InChI is InChI=1S/C13H14BrN3/c1-9-7-8-15-13(16-9)17-10(2)11-3-5-12(14)6-4-11/h3-8,10H,1-2H3,(H,15,16,17). The summed E-state index contributed by atoms with van der Waals surface area (Å²) in [5.74, 6) is 0.667. The van der Waals surface area contributed by atoms with Gasteiger partial charge in [0.15, 0.2) is 0 Å². The van der Waals surface area contributed by atoms with Gasteiger partial charge in [-0.3, -0.25) is 0 Å². The molecule has 1 N–H and O–H groups in total. The summed E-state index contributed by atoms with van der Waals surface area (Å²) in [6, 6.07) is 10.3. The molecule has 0 amide bonds. The molecule has 0 aliphatic carbocycles. The summed E-state index contributed by atoms with van der Waals surface area (Å²) in [4.78, 5) is 8.52.